The molecule has 1 aromatic rings. The van der Waals surface area contributed by atoms with Gasteiger partial charge in [-0.1, -0.05) is 12.8 Å². The third-order valence-electron chi connectivity index (χ3n) is 3.92. The highest BCUT2D eigenvalue weighted by molar-refractivity contribution is 5.91. The summed E-state index contributed by atoms with van der Waals surface area (Å²) >= 11 is 0. The number of aromatic nitrogens is 2. The molecule has 0 bridgehead atoms. The van der Waals surface area contributed by atoms with Crippen molar-refractivity contribution in [1.29, 1.82) is 0 Å². The van der Waals surface area contributed by atoms with Gasteiger partial charge in [0.1, 0.15) is 0 Å². The zero-order valence-corrected chi connectivity index (χ0v) is 12.4. The molecule has 2 unspecified atom stereocenters. The van der Waals surface area contributed by atoms with Gasteiger partial charge >= 0.3 is 0 Å². The summed E-state index contributed by atoms with van der Waals surface area (Å²) in [5, 5.41) is 8.18. The molecule has 1 aliphatic rings. The molecule has 1 aliphatic carbocycles. The highest BCUT2D eigenvalue weighted by atomic mass is 16.2. The highest BCUT2D eigenvalue weighted by Gasteiger charge is 2.26. The van der Waals surface area contributed by atoms with E-state index in [1.54, 1.807) is 20.2 Å². The topological polar surface area (TPSA) is 75.4 Å². The molecule has 1 amide bonds. The third-order valence-corrected chi connectivity index (χ3v) is 3.92. The maximum absolute atomic E-state index is 11.8. The van der Waals surface area contributed by atoms with Crippen LogP contribution in [0.2, 0.25) is 0 Å². The van der Waals surface area contributed by atoms with Gasteiger partial charge in [0.2, 0.25) is 0 Å². The molecule has 6 nitrogen and oxygen atoms in total. The van der Waals surface area contributed by atoms with Gasteiger partial charge in [-0.2, -0.15) is 0 Å². The number of nitrogens with zero attached hydrogens (tertiary/aromatic N) is 4. The predicted octanol–water partition coefficient (Wildman–Crippen LogP) is 0.885. The third kappa shape index (κ3) is 3.07. The summed E-state index contributed by atoms with van der Waals surface area (Å²) in [5.41, 5.74) is 6.55. The van der Waals surface area contributed by atoms with Crippen LogP contribution in [0.5, 0.6) is 0 Å². The molecule has 2 atom stereocenters. The lowest BCUT2D eigenvalue weighted by Crippen LogP contribution is -2.48. The number of rotatable bonds is 3. The minimum Gasteiger partial charge on any atom is -0.354 e. The molecule has 1 heterocycles. The number of anilines is 1. The standard InChI is InChI=1S/C14H23N5O/c1-18(2)14(20)11-8-9-13(17-16-11)19(3)12-7-5-4-6-10(12)15/h8-10,12H,4-7,15H2,1-3H3. The molecule has 110 valence electrons. The Bertz CT molecular complexity index is 459. The molecule has 20 heavy (non-hydrogen) atoms. The van der Waals surface area contributed by atoms with Gasteiger partial charge in [0, 0.05) is 33.2 Å². The van der Waals surface area contributed by atoms with Crippen molar-refractivity contribution >= 4 is 11.7 Å². The molecule has 0 aliphatic heterocycles. The van der Waals surface area contributed by atoms with Gasteiger partial charge in [0.05, 0.1) is 0 Å². The number of carbonyl (C=O) groups excluding carboxylic acids is 1. The van der Waals surface area contributed by atoms with Crippen LogP contribution >= 0.6 is 0 Å². The van der Waals surface area contributed by atoms with Crippen LogP contribution in [0.25, 0.3) is 0 Å². The summed E-state index contributed by atoms with van der Waals surface area (Å²) < 4.78 is 0. The SMILES string of the molecule is CN(C)C(=O)c1ccc(N(C)C2CCCCC2N)nn1. The van der Waals surface area contributed by atoms with Crippen LogP contribution in [-0.2, 0) is 0 Å². The van der Waals surface area contributed by atoms with E-state index in [4.69, 9.17) is 5.73 Å². The maximum atomic E-state index is 11.8. The van der Waals surface area contributed by atoms with Gasteiger partial charge in [-0.15, -0.1) is 10.2 Å². The van der Waals surface area contributed by atoms with E-state index in [9.17, 15) is 4.79 Å². The van der Waals surface area contributed by atoms with Crippen LogP contribution in [0.15, 0.2) is 12.1 Å². The van der Waals surface area contributed by atoms with Crippen molar-refractivity contribution in [2.75, 3.05) is 26.0 Å². The van der Waals surface area contributed by atoms with Crippen molar-refractivity contribution in [2.45, 2.75) is 37.8 Å². The van der Waals surface area contributed by atoms with Crippen molar-refractivity contribution in [1.82, 2.24) is 15.1 Å². The van der Waals surface area contributed by atoms with Gasteiger partial charge in [-0.25, -0.2) is 0 Å². The van der Waals surface area contributed by atoms with Crippen LogP contribution in [-0.4, -0.2) is 54.2 Å². The zero-order chi connectivity index (χ0) is 14.7. The molecule has 1 fully saturated rings. The molecule has 0 spiro atoms. The Labute approximate surface area is 120 Å². The smallest absolute Gasteiger partial charge is 0.273 e. The van der Waals surface area contributed by atoms with Gasteiger partial charge in [0.25, 0.3) is 5.91 Å². The van der Waals surface area contributed by atoms with Crippen LogP contribution in [0.4, 0.5) is 5.82 Å². The Morgan fingerprint density at radius 2 is 1.90 bits per heavy atom. The van der Waals surface area contributed by atoms with E-state index in [1.807, 2.05) is 13.1 Å². The van der Waals surface area contributed by atoms with Crippen LogP contribution in [0, 0.1) is 0 Å². The number of hydrogen-bond acceptors (Lipinski definition) is 5. The fourth-order valence-corrected chi connectivity index (χ4v) is 2.65. The number of amides is 1. The molecule has 0 saturated heterocycles. The van der Waals surface area contributed by atoms with Gasteiger partial charge < -0.3 is 15.5 Å². The monoisotopic (exact) mass is 277 g/mol. The largest absolute Gasteiger partial charge is 0.354 e. The van der Waals surface area contributed by atoms with E-state index >= 15 is 0 Å². The summed E-state index contributed by atoms with van der Waals surface area (Å²) in [6, 6.07) is 4.03. The summed E-state index contributed by atoms with van der Waals surface area (Å²) in [6.45, 7) is 0. The van der Waals surface area contributed by atoms with Crippen molar-refractivity contribution < 1.29 is 4.79 Å². The van der Waals surface area contributed by atoms with Gasteiger partial charge in [-0.05, 0) is 25.0 Å². The molecule has 1 aromatic heterocycles. The quantitative estimate of drug-likeness (QED) is 0.888. The number of carbonyl (C=O) groups is 1. The second-order valence-electron chi connectivity index (χ2n) is 5.60. The average molecular weight is 277 g/mol. The first-order valence-electron chi connectivity index (χ1n) is 7.04. The molecule has 0 radical (unpaired) electrons. The highest BCUT2D eigenvalue weighted by Crippen LogP contribution is 2.24. The minimum absolute atomic E-state index is 0.138. The molecular weight excluding hydrogens is 254 g/mol. The van der Waals surface area contributed by atoms with E-state index in [0.29, 0.717) is 11.7 Å². The lowest BCUT2D eigenvalue weighted by atomic mass is 9.90. The molecule has 0 aromatic carbocycles. The molecule has 2 rings (SSSR count). The van der Waals surface area contributed by atoms with E-state index in [2.05, 4.69) is 15.1 Å². The summed E-state index contributed by atoms with van der Waals surface area (Å²) in [5.74, 6) is 0.628. The zero-order valence-electron chi connectivity index (χ0n) is 12.4. The van der Waals surface area contributed by atoms with Crippen molar-refractivity contribution in [3.63, 3.8) is 0 Å². The van der Waals surface area contributed by atoms with Crippen LogP contribution in [0.3, 0.4) is 0 Å². The Balaban J connectivity index is 2.11. The number of likely N-dealkylation sites (N-methyl/N-ethyl adjacent to an activating group) is 1. The van der Waals surface area contributed by atoms with Crippen LogP contribution in [0.1, 0.15) is 36.2 Å². The Hall–Kier alpha value is -1.69. The summed E-state index contributed by atoms with van der Waals surface area (Å²) in [7, 11) is 5.39. The van der Waals surface area contributed by atoms with E-state index < -0.39 is 0 Å². The predicted molar refractivity (Wildman–Crippen MR) is 78.7 cm³/mol. The average Bonchev–Trinajstić information content (AvgIpc) is 2.46. The normalized spacial score (nSPS) is 22.4. The van der Waals surface area contributed by atoms with Crippen LogP contribution < -0.4 is 10.6 Å². The molecule has 2 N–H and O–H groups in total. The fraction of sp³-hybridized carbons (Fsp3) is 0.643. The first kappa shape index (κ1) is 14.7. The maximum Gasteiger partial charge on any atom is 0.273 e. The van der Waals surface area contributed by atoms with E-state index in [0.717, 1.165) is 18.7 Å². The lowest BCUT2D eigenvalue weighted by Gasteiger charge is -2.36. The van der Waals surface area contributed by atoms with E-state index in [-0.39, 0.29) is 11.9 Å². The lowest BCUT2D eigenvalue weighted by molar-refractivity contribution is 0.0821. The van der Waals surface area contributed by atoms with Gasteiger partial charge in [-0.3, -0.25) is 4.79 Å². The van der Waals surface area contributed by atoms with Crippen molar-refractivity contribution in [2.24, 2.45) is 5.73 Å². The first-order valence-corrected chi connectivity index (χ1v) is 7.04. The number of nitrogens with two attached hydrogens (primary N) is 1. The minimum atomic E-state index is -0.138. The Morgan fingerprint density at radius 3 is 2.45 bits per heavy atom. The van der Waals surface area contributed by atoms with E-state index in [1.165, 1.54) is 17.7 Å². The molecule has 1 saturated carbocycles. The Morgan fingerprint density at radius 1 is 1.20 bits per heavy atom. The molecule has 6 heteroatoms. The Kier molecular flexibility index (Phi) is 4.54. The summed E-state index contributed by atoms with van der Waals surface area (Å²) in [6.07, 6.45) is 4.54. The van der Waals surface area contributed by atoms with Crippen molar-refractivity contribution in [3.05, 3.63) is 17.8 Å². The second kappa shape index (κ2) is 6.17. The first-order chi connectivity index (χ1) is 9.50. The van der Waals surface area contributed by atoms with Crippen molar-refractivity contribution in [3.8, 4) is 0 Å². The molecular formula is C14H23N5O. The van der Waals surface area contributed by atoms with Gasteiger partial charge in [0.15, 0.2) is 11.5 Å². The second-order valence-corrected chi connectivity index (χ2v) is 5.60. The fourth-order valence-electron chi connectivity index (χ4n) is 2.65. The summed E-state index contributed by atoms with van der Waals surface area (Å²) in [4.78, 5) is 15.3. The number of hydrogen-bond donors (Lipinski definition) is 1.